The highest BCUT2D eigenvalue weighted by Gasteiger charge is 2.48. The van der Waals surface area contributed by atoms with Gasteiger partial charge in [-0.2, -0.15) is 0 Å². The van der Waals surface area contributed by atoms with Gasteiger partial charge < -0.3 is 15.0 Å². The Balaban J connectivity index is 1.34. The number of nitrogens with zero attached hydrogens (tertiary/aromatic N) is 2. The highest BCUT2D eigenvalue weighted by Crippen LogP contribution is 2.40. The Morgan fingerprint density at radius 2 is 2.13 bits per heavy atom. The third-order valence-corrected chi connectivity index (χ3v) is 5.60. The zero-order valence-corrected chi connectivity index (χ0v) is 14.8. The molecule has 0 spiro atoms. The van der Waals surface area contributed by atoms with Crippen LogP contribution in [0.1, 0.15) is 39.5 Å². The van der Waals surface area contributed by atoms with E-state index in [2.05, 4.69) is 29.0 Å². The van der Waals surface area contributed by atoms with Gasteiger partial charge >= 0.3 is 6.03 Å². The maximum atomic E-state index is 12.3. The SMILES string of the molecule is CC(C)COCCCNC(=O)N1C[C@@H]2CN3CCCC[C@H]3[C@@H]2C1. The second kappa shape index (κ2) is 7.84. The second-order valence-electron chi connectivity index (χ2n) is 7.94. The van der Waals surface area contributed by atoms with E-state index in [1.165, 1.54) is 32.4 Å². The molecule has 2 amide bonds. The van der Waals surface area contributed by atoms with Gasteiger partial charge in [-0.3, -0.25) is 4.90 Å². The van der Waals surface area contributed by atoms with Crippen molar-refractivity contribution < 1.29 is 9.53 Å². The lowest BCUT2D eigenvalue weighted by Crippen LogP contribution is -2.44. The quantitative estimate of drug-likeness (QED) is 0.762. The molecule has 0 aromatic heterocycles. The lowest BCUT2D eigenvalue weighted by atomic mass is 9.90. The third-order valence-electron chi connectivity index (χ3n) is 5.60. The van der Waals surface area contributed by atoms with Crippen molar-refractivity contribution in [2.45, 2.75) is 45.6 Å². The molecular formula is C18H33N3O2. The van der Waals surface area contributed by atoms with E-state index in [0.29, 0.717) is 11.8 Å². The molecule has 3 heterocycles. The van der Waals surface area contributed by atoms with Gasteiger partial charge in [-0.05, 0) is 43.6 Å². The highest BCUT2D eigenvalue weighted by molar-refractivity contribution is 5.74. The number of likely N-dealkylation sites (tertiary alicyclic amines) is 1. The van der Waals surface area contributed by atoms with Crippen LogP contribution < -0.4 is 5.32 Å². The zero-order chi connectivity index (χ0) is 16.2. The first-order chi connectivity index (χ1) is 11.1. The average molecular weight is 323 g/mol. The molecule has 0 unspecified atom stereocenters. The smallest absolute Gasteiger partial charge is 0.317 e. The number of fused-ring (bicyclic) bond motifs is 3. The van der Waals surface area contributed by atoms with E-state index in [9.17, 15) is 4.79 Å². The van der Waals surface area contributed by atoms with Gasteiger partial charge in [0, 0.05) is 45.4 Å². The third kappa shape index (κ3) is 4.18. The van der Waals surface area contributed by atoms with Crippen LogP contribution >= 0.6 is 0 Å². The molecule has 23 heavy (non-hydrogen) atoms. The summed E-state index contributed by atoms with van der Waals surface area (Å²) < 4.78 is 5.55. The molecule has 5 heteroatoms. The van der Waals surface area contributed by atoms with Crippen molar-refractivity contribution in [3.8, 4) is 0 Å². The molecule has 3 saturated heterocycles. The Kier molecular flexibility index (Phi) is 5.81. The molecule has 0 aromatic carbocycles. The Labute approximate surface area is 140 Å². The number of nitrogens with one attached hydrogen (secondary N) is 1. The molecule has 3 rings (SSSR count). The average Bonchev–Trinajstić information content (AvgIpc) is 3.08. The number of piperidine rings is 1. The fraction of sp³-hybridized carbons (Fsp3) is 0.944. The minimum atomic E-state index is 0.130. The predicted molar refractivity (Wildman–Crippen MR) is 91.4 cm³/mol. The van der Waals surface area contributed by atoms with Crippen LogP contribution in [-0.4, -0.2) is 67.8 Å². The van der Waals surface area contributed by atoms with E-state index < -0.39 is 0 Å². The van der Waals surface area contributed by atoms with Crippen LogP contribution in [0, 0.1) is 17.8 Å². The Morgan fingerprint density at radius 3 is 2.96 bits per heavy atom. The van der Waals surface area contributed by atoms with Gasteiger partial charge in [0.2, 0.25) is 0 Å². The van der Waals surface area contributed by atoms with Gasteiger partial charge in [-0.25, -0.2) is 4.79 Å². The van der Waals surface area contributed by atoms with Crippen LogP contribution in [0.25, 0.3) is 0 Å². The van der Waals surface area contributed by atoms with Crippen LogP contribution in [0.2, 0.25) is 0 Å². The van der Waals surface area contributed by atoms with E-state index in [0.717, 1.165) is 51.2 Å². The summed E-state index contributed by atoms with van der Waals surface area (Å²) in [6.07, 6.45) is 4.96. The maximum Gasteiger partial charge on any atom is 0.317 e. The van der Waals surface area contributed by atoms with Crippen LogP contribution in [0.15, 0.2) is 0 Å². The van der Waals surface area contributed by atoms with Gasteiger partial charge in [0.05, 0.1) is 0 Å². The standard InChI is InChI=1S/C18H33N3O2/c1-14(2)13-23-9-5-7-19-18(22)21-11-15-10-20-8-4-3-6-17(20)16(15)12-21/h14-17H,3-13H2,1-2H3,(H,19,22)/t15-,16+,17-/m0/s1. The van der Waals surface area contributed by atoms with E-state index in [1.807, 2.05) is 0 Å². The summed E-state index contributed by atoms with van der Waals surface area (Å²) in [5.41, 5.74) is 0. The van der Waals surface area contributed by atoms with Gasteiger partial charge in [0.25, 0.3) is 0 Å². The zero-order valence-electron chi connectivity index (χ0n) is 14.8. The van der Waals surface area contributed by atoms with Crippen molar-refractivity contribution in [3.63, 3.8) is 0 Å². The van der Waals surface area contributed by atoms with Crippen molar-refractivity contribution in [2.24, 2.45) is 17.8 Å². The number of carbonyl (C=O) groups is 1. The summed E-state index contributed by atoms with van der Waals surface area (Å²) >= 11 is 0. The van der Waals surface area contributed by atoms with Crippen molar-refractivity contribution in [3.05, 3.63) is 0 Å². The summed E-state index contributed by atoms with van der Waals surface area (Å²) in [5, 5.41) is 3.07. The van der Waals surface area contributed by atoms with E-state index in [-0.39, 0.29) is 6.03 Å². The summed E-state index contributed by atoms with van der Waals surface area (Å²) in [6.45, 7) is 11.0. The van der Waals surface area contributed by atoms with Crippen LogP contribution in [0.5, 0.6) is 0 Å². The molecule has 3 fully saturated rings. The fourth-order valence-electron chi connectivity index (χ4n) is 4.52. The Morgan fingerprint density at radius 1 is 1.26 bits per heavy atom. The van der Waals surface area contributed by atoms with Gasteiger partial charge in [-0.15, -0.1) is 0 Å². The van der Waals surface area contributed by atoms with Crippen molar-refractivity contribution >= 4 is 6.03 Å². The first-order valence-electron chi connectivity index (χ1n) is 9.49. The topological polar surface area (TPSA) is 44.8 Å². The highest BCUT2D eigenvalue weighted by atomic mass is 16.5. The van der Waals surface area contributed by atoms with Crippen LogP contribution in [-0.2, 0) is 4.74 Å². The lowest BCUT2D eigenvalue weighted by Gasteiger charge is -2.33. The molecule has 0 radical (unpaired) electrons. The first-order valence-corrected chi connectivity index (χ1v) is 9.49. The molecule has 0 saturated carbocycles. The van der Waals surface area contributed by atoms with Crippen molar-refractivity contribution in [1.82, 2.24) is 15.1 Å². The summed E-state index contributed by atoms with van der Waals surface area (Å²) in [6, 6.07) is 0.876. The number of hydrogen-bond donors (Lipinski definition) is 1. The number of hydrogen-bond acceptors (Lipinski definition) is 3. The summed E-state index contributed by atoms with van der Waals surface area (Å²) in [7, 11) is 0. The molecule has 3 aliphatic heterocycles. The monoisotopic (exact) mass is 323 g/mol. The maximum absolute atomic E-state index is 12.3. The molecule has 1 N–H and O–H groups in total. The number of ether oxygens (including phenoxy) is 1. The molecule has 132 valence electrons. The van der Waals surface area contributed by atoms with E-state index >= 15 is 0 Å². The molecule has 0 aromatic rings. The first kappa shape index (κ1) is 17.0. The van der Waals surface area contributed by atoms with E-state index in [4.69, 9.17) is 4.74 Å². The normalized spacial score (nSPS) is 30.6. The number of urea groups is 1. The van der Waals surface area contributed by atoms with Crippen LogP contribution in [0.4, 0.5) is 4.79 Å². The van der Waals surface area contributed by atoms with Crippen LogP contribution in [0.3, 0.4) is 0 Å². The predicted octanol–water partition coefficient (Wildman–Crippen LogP) is 2.17. The molecule has 3 atom stereocenters. The summed E-state index contributed by atoms with van der Waals surface area (Å²) in [5.74, 6) is 2.00. The lowest BCUT2D eigenvalue weighted by molar-refractivity contribution is 0.107. The Bertz CT molecular complexity index is 402. The molecule has 0 aliphatic carbocycles. The molecule has 3 aliphatic rings. The van der Waals surface area contributed by atoms with Crippen molar-refractivity contribution in [1.29, 1.82) is 0 Å². The van der Waals surface area contributed by atoms with Gasteiger partial charge in [0.1, 0.15) is 0 Å². The largest absolute Gasteiger partial charge is 0.381 e. The second-order valence-corrected chi connectivity index (χ2v) is 7.94. The van der Waals surface area contributed by atoms with Crippen molar-refractivity contribution in [2.75, 3.05) is 45.9 Å². The van der Waals surface area contributed by atoms with E-state index in [1.54, 1.807) is 0 Å². The minimum Gasteiger partial charge on any atom is -0.381 e. The Hall–Kier alpha value is -0.810. The van der Waals surface area contributed by atoms with Gasteiger partial charge in [-0.1, -0.05) is 20.3 Å². The fourth-order valence-corrected chi connectivity index (χ4v) is 4.52. The number of rotatable bonds is 6. The summed E-state index contributed by atoms with van der Waals surface area (Å²) in [4.78, 5) is 17.1. The number of carbonyl (C=O) groups excluding carboxylic acids is 1. The molecular weight excluding hydrogens is 290 g/mol. The van der Waals surface area contributed by atoms with Gasteiger partial charge in [0.15, 0.2) is 0 Å². The molecule has 0 bridgehead atoms. The molecule has 5 nitrogen and oxygen atoms in total. The minimum absolute atomic E-state index is 0.130. The number of amides is 2.